The molecule has 0 fully saturated rings. The van der Waals surface area contributed by atoms with Crippen LogP contribution >= 0.6 is 11.6 Å². The summed E-state index contributed by atoms with van der Waals surface area (Å²) in [5.41, 5.74) is 0.784. The fraction of sp³-hybridized carbons (Fsp3) is 0.333. The maximum Gasteiger partial charge on any atom is 0.145 e. The van der Waals surface area contributed by atoms with Gasteiger partial charge in [-0.05, 0) is 0 Å². The molecule has 0 aliphatic heterocycles. The normalized spacial score (nSPS) is 10.3. The number of methoxy groups -OCH3 is 2. The van der Waals surface area contributed by atoms with Crippen molar-refractivity contribution in [2.24, 2.45) is 7.05 Å². The first-order valence-corrected chi connectivity index (χ1v) is 6.01. The quantitative estimate of drug-likeness (QED) is 0.910. The van der Waals surface area contributed by atoms with Gasteiger partial charge in [0.2, 0.25) is 0 Å². The van der Waals surface area contributed by atoms with Crippen LogP contribution in [0.4, 0.5) is 5.69 Å². The van der Waals surface area contributed by atoms with Crippen LogP contribution in [0, 0.1) is 0 Å². The van der Waals surface area contributed by atoms with Crippen molar-refractivity contribution in [1.82, 2.24) is 14.8 Å². The van der Waals surface area contributed by atoms with Gasteiger partial charge in [-0.15, -0.1) is 0 Å². The fourth-order valence-corrected chi connectivity index (χ4v) is 1.88. The lowest BCUT2D eigenvalue weighted by molar-refractivity contribution is 0.404. The van der Waals surface area contributed by atoms with Gasteiger partial charge in [-0.2, -0.15) is 5.10 Å². The Morgan fingerprint density at radius 1 is 1.26 bits per heavy atom. The molecule has 0 unspecified atom stereocenters. The van der Waals surface area contributed by atoms with Crippen LogP contribution in [0.2, 0.25) is 5.02 Å². The van der Waals surface area contributed by atoms with E-state index in [9.17, 15) is 0 Å². The van der Waals surface area contributed by atoms with E-state index in [1.54, 1.807) is 31.0 Å². The molecule has 0 spiro atoms. The Kier molecular flexibility index (Phi) is 4.11. The number of anilines is 1. The van der Waals surface area contributed by atoms with Crippen LogP contribution in [0.15, 0.2) is 18.5 Å². The SMILES string of the molecule is COc1cc(NCc2ncnn2C)c(OC)cc1Cl. The van der Waals surface area contributed by atoms with E-state index in [1.807, 2.05) is 7.05 Å². The van der Waals surface area contributed by atoms with Gasteiger partial charge in [0.25, 0.3) is 0 Å². The number of rotatable bonds is 5. The van der Waals surface area contributed by atoms with Crippen molar-refractivity contribution < 1.29 is 9.47 Å². The third-order valence-corrected chi connectivity index (χ3v) is 3.01. The van der Waals surface area contributed by atoms with Crippen molar-refractivity contribution in [1.29, 1.82) is 0 Å². The zero-order valence-electron chi connectivity index (χ0n) is 11.0. The van der Waals surface area contributed by atoms with Gasteiger partial charge in [0.05, 0.1) is 31.5 Å². The summed E-state index contributed by atoms with van der Waals surface area (Å²) >= 11 is 6.05. The molecule has 0 radical (unpaired) electrons. The Bertz CT molecular complexity index is 571. The highest BCUT2D eigenvalue weighted by Crippen LogP contribution is 2.35. The third-order valence-electron chi connectivity index (χ3n) is 2.72. The Balaban J connectivity index is 2.21. The number of aryl methyl sites for hydroxylation is 1. The third kappa shape index (κ3) is 2.90. The van der Waals surface area contributed by atoms with Crippen molar-refractivity contribution in [3.05, 3.63) is 29.3 Å². The number of hydrogen-bond acceptors (Lipinski definition) is 5. The number of benzene rings is 1. The molecule has 19 heavy (non-hydrogen) atoms. The summed E-state index contributed by atoms with van der Waals surface area (Å²) in [7, 11) is 5.00. The number of aromatic nitrogens is 3. The molecule has 0 atom stereocenters. The number of hydrogen-bond donors (Lipinski definition) is 1. The average molecular weight is 283 g/mol. The molecular formula is C12H15ClN4O2. The molecule has 2 rings (SSSR count). The van der Waals surface area contributed by atoms with Gasteiger partial charge in [0.1, 0.15) is 23.7 Å². The Labute approximate surface area is 116 Å². The fourth-order valence-electron chi connectivity index (χ4n) is 1.65. The van der Waals surface area contributed by atoms with Crippen molar-refractivity contribution in [3.63, 3.8) is 0 Å². The molecule has 2 aromatic rings. The minimum Gasteiger partial charge on any atom is -0.495 e. The van der Waals surface area contributed by atoms with Crippen LogP contribution in [0.3, 0.4) is 0 Å². The highest BCUT2D eigenvalue weighted by atomic mass is 35.5. The molecule has 1 aromatic carbocycles. The summed E-state index contributed by atoms with van der Waals surface area (Å²) in [6, 6.07) is 3.50. The zero-order chi connectivity index (χ0) is 13.8. The monoisotopic (exact) mass is 282 g/mol. The van der Waals surface area contributed by atoms with Gasteiger partial charge in [-0.1, -0.05) is 11.6 Å². The van der Waals surface area contributed by atoms with Crippen LogP contribution in [-0.2, 0) is 13.6 Å². The van der Waals surface area contributed by atoms with Crippen molar-refractivity contribution in [2.45, 2.75) is 6.54 Å². The van der Waals surface area contributed by atoms with Crippen LogP contribution in [0.1, 0.15) is 5.82 Å². The minimum atomic E-state index is 0.503. The summed E-state index contributed by atoms with van der Waals surface area (Å²) in [4.78, 5) is 4.14. The summed E-state index contributed by atoms with van der Waals surface area (Å²) in [5.74, 6) is 2.05. The molecule has 0 saturated heterocycles. The van der Waals surface area contributed by atoms with E-state index in [0.29, 0.717) is 23.1 Å². The van der Waals surface area contributed by atoms with Gasteiger partial charge >= 0.3 is 0 Å². The first-order chi connectivity index (χ1) is 9.15. The van der Waals surface area contributed by atoms with E-state index >= 15 is 0 Å². The first kappa shape index (κ1) is 13.5. The van der Waals surface area contributed by atoms with Gasteiger partial charge in [-0.25, -0.2) is 4.98 Å². The van der Waals surface area contributed by atoms with E-state index in [4.69, 9.17) is 21.1 Å². The predicted octanol–water partition coefficient (Wildman–Crippen LogP) is 2.10. The van der Waals surface area contributed by atoms with Crippen molar-refractivity contribution >= 4 is 17.3 Å². The predicted molar refractivity (Wildman–Crippen MR) is 72.9 cm³/mol. The Morgan fingerprint density at radius 3 is 2.58 bits per heavy atom. The van der Waals surface area contributed by atoms with E-state index in [1.165, 1.54) is 6.33 Å². The molecular weight excluding hydrogens is 268 g/mol. The molecule has 0 amide bonds. The van der Waals surface area contributed by atoms with E-state index in [-0.39, 0.29) is 0 Å². The van der Waals surface area contributed by atoms with E-state index in [0.717, 1.165) is 11.5 Å². The average Bonchev–Trinajstić information content (AvgIpc) is 2.82. The topological polar surface area (TPSA) is 61.2 Å². The van der Waals surface area contributed by atoms with Gasteiger partial charge < -0.3 is 14.8 Å². The molecule has 7 heteroatoms. The summed E-state index contributed by atoms with van der Waals surface area (Å²) in [5, 5.41) is 7.73. The van der Waals surface area contributed by atoms with Crippen molar-refractivity contribution in [2.75, 3.05) is 19.5 Å². The largest absolute Gasteiger partial charge is 0.495 e. The molecule has 0 aliphatic carbocycles. The minimum absolute atomic E-state index is 0.503. The molecule has 0 saturated carbocycles. The molecule has 102 valence electrons. The molecule has 0 aliphatic rings. The lowest BCUT2D eigenvalue weighted by Gasteiger charge is -2.13. The maximum atomic E-state index is 6.05. The number of halogens is 1. The van der Waals surface area contributed by atoms with E-state index < -0.39 is 0 Å². The summed E-state index contributed by atoms with van der Waals surface area (Å²) in [6.07, 6.45) is 1.51. The highest BCUT2D eigenvalue weighted by molar-refractivity contribution is 6.32. The lowest BCUT2D eigenvalue weighted by atomic mass is 10.2. The molecule has 1 aromatic heterocycles. The molecule has 1 heterocycles. The smallest absolute Gasteiger partial charge is 0.145 e. The number of nitrogens with zero attached hydrogens (tertiary/aromatic N) is 3. The second kappa shape index (κ2) is 5.79. The molecule has 0 bridgehead atoms. The highest BCUT2D eigenvalue weighted by Gasteiger charge is 2.10. The Hall–Kier alpha value is -1.95. The van der Waals surface area contributed by atoms with Crippen LogP contribution in [0.5, 0.6) is 11.5 Å². The maximum absolute atomic E-state index is 6.05. The lowest BCUT2D eigenvalue weighted by Crippen LogP contribution is -2.07. The second-order valence-corrected chi connectivity index (χ2v) is 4.25. The van der Waals surface area contributed by atoms with Gasteiger partial charge in [0.15, 0.2) is 0 Å². The second-order valence-electron chi connectivity index (χ2n) is 3.84. The summed E-state index contributed by atoms with van der Waals surface area (Å²) < 4.78 is 12.2. The van der Waals surface area contributed by atoms with Crippen LogP contribution < -0.4 is 14.8 Å². The standard InChI is InChI=1S/C12H15ClN4O2/c1-17-12(15-7-16-17)6-14-9-5-10(18-2)8(13)4-11(9)19-3/h4-5,7,14H,6H2,1-3H3. The van der Waals surface area contributed by atoms with Gasteiger partial charge in [0, 0.05) is 19.2 Å². The van der Waals surface area contributed by atoms with Gasteiger partial charge in [-0.3, -0.25) is 4.68 Å². The van der Waals surface area contributed by atoms with Crippen molar-refractivity contribution in [3.8, 4) is 11.5 Å². The first-order valence-electron chi connectivity index (χ1n) is 5.64. The number of ether oxygens (including phenoxy) is 2. The zero-order valence-corrected chi connectivity index (χ0v) is 11.7. The summed E-state index contributed by atoms with van der Waals surface area (Å²) in [6.45, 7) is 0.525. The van der Waals surface area contributed by atoms with E-state index in [2.05, 4.69) is 15.4 Å². The van der Waals surface area contributed by atoms with Crippen LogP contribution in [0.25, 0.3) is 0 Å². The molecule has 1 N–H and O–H groups in total. The number of nitrogens with one attached hydrogen (secondary N) is 1. The Morgan fingerprint density at radius 2 is 2.00 bits per heavy atom. The molecule has 6 nitrogen and oxygen atoms in total. The van der Waals surface area contributed by atoms with Crippen LogP contribution in [-0.4, -0.2) is 29.0 Å².